The van der Waals surface area contributed by atoms with Crippen molar-refractivity contribution in [2.45, 2.75) is 33.3 Å². The van der Waals surface area contributed by atoms with E-state index in [2.05, 4.69) is 32.4 Å². The lowest BCUT2D eigenvalue weighted by molar-refractivity contribution is 0.0530. The number of aromatic nitrogens is 3. The van der Waals surface area contributed by atoms with Crippen molar-refractivity contribution in [1.29, 1.82) is 0 Å². The van der Waals surface area contributed by atoms with Gasteiger partial charge in [-0.25, -0.2) is 14.8 Å². The van der Waals surface area contributed by atoms with Crippen LogP contribution in [0.2, 0.25) is 5.15 Å². The molecule has 8 heteroatoms. The summed E-state index contributed by atoms with van der Waals surface area (Å²) in [6, 6.07) is 9.62. The Balaban J connectivity index is 1.78. The third kappa shape index (κ3) is 5.43. The minimum Gasteiger partial charge on any atom is -0.444 e. The van der Waals surface area contributed by atoms with Crippen LogP contribution in [0.5, 0.6) is 0 Å². The highest BCUT2D eigenvalue weighted by Gasteiger charge is 2.16. The molecule has 0 aliphatic rings. The number of carbonyl (C=O) groups is 1. The second-order valence-corrected chi connectivity index (χ2v) is 7.99. The molecule has 2 N–H and O–H groups in total. The fourth-order valence-corrected chi connectivity index (χ4v) is 2.98. The third-order valence-electron chi connectivity index (χ3n) is 3.95. The largest absolute Gasteiger partial charge is 0.444 e. The van der Waals surface area contributed by atoms with Crippen molar-refractivity contribution in [2.24, 2.45) is 0 Å². The number of benzene rings is 1. The van der Waals surface area contributed by atoms with E-state index in [4.69, 9.17) is 16.3 Å². The molecule has 3 aromatic rings. The van der Waals surface area contributed by atoms with E-state index in [-0.39, 0.29) is 0 Å². The first-order chi connectivity index (χ1) is 14.2. The number of halogens is 1. The average Bonchev–Trinajstić information content (AvgIpc) is 3.07. The van der Waals surface area contributed by atoms with Crippen LogP contribution in [0.1, 0.15) is 37.7 Å². The van der Waals surface area contributed by atoms with Crippen LogP contribution in [-0.4, -0.2) is 39.2 Å². The molecular formula is C22H24ClN5O2. The Hall–Kier alpha value is -3.24. The van der Waals surface area contributed by atoms with Crippen LogP contribution in [0, 0.1) is 18.8 Å². The number of carbonyl (C=O) groups excluding carboxylic acids is 1. The standard InChI is InChI=1S/C22H24ClN5O2/c1-15-14-26-20-19(24-12-13-25-21(29)30-22(2,3)4)27-17(18(23)28(15)20)11-10-16-8-6-5-7-9-16/h5-9,14H,12-13H2,1-4H3,(H,24,27)(H,25,29). The third-order valence-corrected chi connectivity index (χ3v) is 4.30. The summed E-state index contributed by atoms with van der Waals surface area (Å²) in [6.45, 7) is 8.15. The molecule has 0 bridgehead atoms. The maximum absolute atomic E-state index is 11.8. The Morgan fingerprint density at radius 3 is 2.63 bits per heavy atom. The molecule has 0 saturated carbocycles. The fourth-order valence-electron chi connectivity index (χ4n) is 2.68. The van der Waals surface area contributed by atoms with Crippen LogP contribution < -0.4 is 10.6 Å². The van der Waals surface area contributed by atoms with E-state index in [0.29, 0.717) is 35.4 Å². The van der Waals surface area contributed by atoms with Crippen LogP contribution in [0.15, 0.2) is 36.5 Å². The molecular weight excluding hydrogens is 402 g/mol. The van der Waals surface area contributed by atoms with Crippen LogP contribution in [0.4, 0.5) is 10.6 Å². The molecule has 30 heavy (non-hydrogen) atoms. The summed E-state index contributed by atoms with van der Waals surface area (Å²) >= 11 is 6.55. The normalized spacial score (nSPS) is 11.0. The van der Waals surface area contributed by atoms with Gasteiger partial charge in [0.15, 0.2) is 17.2 Å². The Bertz CT molecular complexity index is 1110. The molecule has 1 aromatic carbocycles. The van der Waals surface area contributed by atoms with Gasteiger partial charge in [0.2, 0.25) is 0 Å². The fraction of sp³-hybridized carbons (Fsp3) is 0.318. The predicted molar refractivity (Wildman–Crippen MR) is 118 cm³/mol. The first-order valence-corrected chi connectivity index (χ1v) is 9.94. The maximum atomic E-state index is 11.8. The van der Waals surface area contributed by atoms with Crippen molar-refractivity contribution in [3.63, 3.8) is 0 Å². The van der Waals surface area contributed by atoms with Gasteiger partial charge in [0, 0.05) is 30.5 Å². The van der Waals surface area contributed by atoms with Gasteiger partial charge in [-0.3, -0.25) is 4.40 Å². The molecule has 2 heterocycles. The van der Waals surface area contributed by atoms with Crippen molar-refractivity contribution in [3.8, 4) is 11.8 Å². The summed E-state index contributed by atoms with van der Waals surface area (Å²) in [5.74, 6) is 6.66. The van der Waals surface area contributed by atoms with E-state index in [0.717, 1.165) is 11.3 Å². The van der Waals surface area contributed by atoms with E-state index < -0.39 is 11.7 Å². The van der Waals surface area contributed by atoms with Crippen molar-refractivity contribution >= 4 is 29.2 Å². The number of nitrogens with zero attached hydrogens (tertiary/aromatic N) is 3. The van der Waals surface area contributed by atoms with Gasteiger partial charge < -0.3 is 15.4 Å². The number of anilines is 1. The van der Waals surface area contributed by atoms with E-state index in [1.807, 2.05) is 58.0 Å². The van der Waals surface area contributed by atoms with Gasteiger partial charge in [-0.2, -0.15) is 0 Å². The lowest BCUT2D eigenvalue weighted by atomic mass is 10.2. The first kappa shape index (κ1) is 21.5. The molecule has 0 spiro atoms. The Labute approximate surface area is 180 Å². The molecule has 0 saturated heterocycles. The van der Waals surface area contributed by atoms with Gasteiger partial charge in [0.25, 0.3) is 0 Å². The summed E-state index contributed by atoms with van der Waals surface area (Å²) in [7, 11) is 0. The van der Waals surface area contributed by atoms with E-state index in [1.54, 1.807) is 10.6 Å². The number of aryl methyl sites for hydroxylation is 1. The smallest absolute Gasteiger partial charge is 0.407 e. The van der Waals surface area contributed by atoms with Crippen LogP contribution in [0.3, 0.4) is 0 Å². The van der Waals surface area contributed by atoms with Crippen LogP contribution in [0.25, 0.3) is 5.65 Å². The molecule has 156 valence electrons. The van der Waals surface area contributed by atoms with Gasteiger partial charge in [-0.15, -0.1) is 0 Å². The van der Waals surface area contributed by atoms with Gasteiger partial charge in [-0.1, -0.05) is 35.7 Å². The number of imidazole rings is 1. The van der Waals surface area contributed by atoms with Crippen molar-refractivity contribution < 1.29 is 9.53 Å². The molecule has 0 unspecified atom stereocenters. The number of hydrogen-bond acceptors (Lipinski definition) is 5. The number of hydrogen-bond donors (Lipinski definition) is 2. The second kappa shape index (κ2) is 9.06. The summed E-state index contributed by atoms with van der Waals surface area (Å²) in [5, 5.41) is 6.30. The molecule has 0 radical (unpaired) electrons. The highest BCUT2D eigenvalue weighted by atomic mass is 35.5. The van der Waals surface area contributed by atoms with Crippen LogP contribution in [-0.2, 0) is 4.74 Å². The molecule has 0 aliphatic carbocycles. The van der Waals surface area contributed by atoms with Gasteiger partial charge >= 0.3 is 6.09 Å². The number of ether oxygens (including phenoxy) is 1. The number of nitrogens with one attached hydrogen (secondary N) is 2. The second-order valence-electron chi connectivity index (χ2n) is 7.63. The molecule has 2 aromatic heterocycles. The number of fused-ring (bicyclic) bond motifs is 1. The van der Waals surface area contributed by atoms with Crippen molar-refractivity contribution in [1.82, 2.24) is 19.7 Å². The lowest BCUT2D eigenvalue weighted by Gasteiger charge is -2.19. The summed E-state index contributed by atoms with van der Waals surface area (Å²) in [6.07, 6.45) is 1.26. The van der Waals surface area contributed by atoms with Gasteiger partial charge in [0.1, 0.15) is 10.8 Å². The molecule has 0 atom stereocenters. The highest BCUT2D eigenvalue weighted by molar-refractivity contribution is 6.30. The van der Waals surface area contributed by atoms with Crippen LogP contribution >= 0.6 is 11.6 Å². The molecule has 3 rings (SSSR count). The van der Waals surface area contributed by atoms with Gasteiger partial charge in [-0.05, 0) is 45.7 Å². The van der Waals surface area contributed by atoms with Gasteiger partial charge in [0.05, 0.1) is 0 Å². The Morgan fingerprint density at radius 2 is 1.93 bits per heavy atom. The number of rotatable bonds is 4. The minimum absolute atomic E-state index is 0.357. The first-order valence-electron chi connectivity index (χ1n) is 9.56. The lowest BCUT2D eigenvalue weighted by Crippen LogP contribution is -2.35. The summed E-state index contributed by atoms with van der Waals surface area (Å²) in [4.78, 5) is 20.7. The number of amides is 1. The Kier molecular flexibility index (Phi) is 6.48. The quantitative estimate of drug-likeness (QED) is 0.487. The van der Waals surface area contributed by atoms with Crippen molar-refractivity contribution in [3.05, 3.63) is 58.6 Å². The van der Waals surface area contributed by atoms with Crippen molar-refractivity contribution in [2.75, 3.05) is 18.4 Å². The molecule has 0 aliphatic heterocycles. The summed E-state index contributed by atoms with van der Waals surface area (Å²) < 4.78 is 7.03. The maximum Gasteiger partial charge on any atom is 0.407 e. The number of alkyl carbamates (subject to hydrolysis) is 1. The Morgan fingerprint density at radius 1 is 1.20 bits per heavy atom. The molecule has 1 amide bonds. The van der Waals surface area contributed by atoms with E-state index >= 15 is 0 Å². The monoisotopic (exact) mass is 425 g/mol. The minimum atomic E-state index is -0.541. The zero-order chi connectivity index (χ0) is 21.7. The zero-order valence-electron chi connectivity index (χ0n) is 17.4. The topological polar surface area (TPSA) is 80.5 Å². The molecule has 0 fully saturated rings. The zero-order valence-corrected chi connectivity index (χ0v) is 18.2. The predicted octanol–water partition coefficient (Wildman–Crippen LogP) is 4.03. The van der Waals surface area contributed by atoms with E-state index in [9.17, 15) is 4.79 Å². The van der Waals surface area contributed by atoms with E-state index in [1.165, 1.54) is 0 Å². The molecule has 7 nitrogen and oxygen atoms in total. The SMILES string of the molecule is Cc1cnc2c(NCCNC(=O)OC(C)(C)C)nc(C#Cc3ccccc3)c(Cl)n12. The highest BCUT2D eigenvalue weighted by Crippen LogP contribution is 2.23. The average molecular weight is 426 g/mol. The summed E-state index contributed by atoms with van der Waals surface area (Å²) in [5.41, 5.74) is 2.24.